The Bertz CT molecular complexity index is 1060. The molecular formula is C21H22N4O3S. The van der Waals surface area contributed by atoms with Gasteiger partial charge in [0.1, 0.15) is 5.56 Å². The zero-order valence-electron chi connectivity index (χ0n) is 16.1. The maximum absolute atomic E-state index is 12.5. The molecule has 7 nitrogen and oxygen atoms in total. The second-order valence-corrected chi connectivity index (χ2v) is 8.54. The number of nitrogens with zero attached hydrogens (tertiary/aromatic N) is 3. The number of carbonyl (C=O) groups excluding carboxylic acids is 1. The van der Waals surface area contributed by atoms with E-state index in [1.807, 2.05) is 6.07 Å². The number of rotatable bonds is 5. The molecule has 1 aliphatic heterocycles. The van der Waals surface area contributed by atoms with Crippen LogP contribution in [0.5, 0.6) is 0 Å². The zero-order valence-corrected chi connectivity index (χ0v) is 16.9. The quantitative estimate of drug-likeness (QED) is 0.487. The van der Waals surface area contributed by atoms with Gasteiger partial charge in [0.25, 0.3) is 11.6 Å². The number of nitro groups is 1. The molecule has 2 aromatic carbocycles. The third-order valence-electron chi connectivity index (χ3n) is 5.30. The summed E-state index contributed by atoms with van der Waals surface area (Å²) in [5.74, 6) is 0.279. The first-order valence-corrected chi connectivity index (χ1v) is 10.5. The standard InChI is InChI=1S/C21H22N4O3S/c1-14-8-10-24(11-9-14)13-15-6-7-17-19(12-15)29-21(22-17)23-20(26)16-4-2-3-5-18(16)25(27)28/h2-7,12,14H,8-11,13H2,1H3,(H,22,23,26). The molecule has 29 heavy (non-hydrogen) atoms. The first-order chi connectivity index (χ1) is 14.0. The number of amides is 1. The highest BCUT2D eigenvalue weighted by molar-refractivity contribution is 7.22. The summed E-state index contributed by atoms with van der Waals surface area (Å²) in [6.45, 7) is 5.47. The number of fused-ring (bicyclic) bond motifs is 1. The highest BCUT2D eigenvalue weighted by atomic mass is 32.1. The Hall–Kier alpha value is -2.84. The van der Waals surface area contributed by atoms with Crippen molar-refractivity contribution in [3.8, 4) is 0 Å². The SMILES string of the molecule is CC1CCN(Cc2ccc3nc(NC(=O)c4ccccc4[N+](=O)[O-])sc3c2)CC1. The topological polar surface area (TPSA) is 88.4 Å². The van der Waals surface area contributed by atoms with Crippen LogP contribution in [-0.2, 0) is 6.54 Å². The Kier molecular flexibility index (Phi) is 5.55. The third kappa shape index (κ3) is 4.44. The van der Waals surface area contributed by atoms with Gasteiger partial charge in [-0.2, -0.15) is 0 Å². The second-order valence-electron chi connectivity index (χ2n) is 7.51. The number of likely N-dealkylation sites (tertiary alicyclic amines) is 1. The van der Waals surface area contributed by atoms with E-state index in [0.717, 1.165) is 35.8 Å². The second kappa shape index (κ2) is 8.26. The Labute approximate surface area is 172 Å². The summed E-state index contributed by atoms with van der Waals surface area (Å²) in [4.78, 5) is 30.0. The van der Waals surface area contributed by atoms with Gasteiger partial charge in [-0.1, -0.05) is 36.5 Å². The first-order valence-electron chi connectivity index (χ1n) is 9.66. The molecule has 4 rings (SSSR count). The summed E-state index contributed by atoms with van der Waals surface area (Å²) in [7, 11) is 0. The van der Waals surface area contributed by atoms with Crippen molar-refractivity contribution < 1.29 is 9.72 Å². The number of aromatic nitrogens is 1. The highest BCUT2D eigenvalue weighted by Crippen LogP contribution is 2.29. The summed E-state index contributed by atoms with van der Waals surface area (Å²) in [6, 6.07) is 12.1. The minimum absolute atomic E-state index is 0.0248. The van der Waals surface area contributed by atoms with E-state index in [9.17, 15) is 14.9 Å². The number of hydrogen-bond acceptors (Lipinski definition) is 6. The van der Waals surface area contributed by atoms with Crippen molar-refractivity contribution >= 4 is 38.3 Å². The molecule has 8 heteroatoms. The van der Waals surface area contributed by atoms with Gasteiger partial charge < -0.3 is 0 Å². The van der Waals surface area contributed by atoms with Gasteiger partial charge in [-0.15, -0.1) is 0 Å². The minimum atomic E-state index is -0.555. The average Bonchev–Trinajstić information content (AvgIpc) is 3.11. The number of hydrogen-bond donors (Lipinski definition) is 1. The Morgan fingerprint density at radius 2 is 2.03 bits per heavy atom. The molecule has 2 heterocycles. The number of piperidine rings is 1. The van der Waals surface area contributed by atoms with Crippen LogP contribution in [0.2, 0.25) is 0 Å². The smallest absolute Gasteiger partial charge is 0.282 e. The molecule has 1 N–H and O–H groups in total. The van der Waals surface area contributed by atoms with E-state index in [2.05, 4.69) is 34.3 Å². The number of benzene rings is 2. The van der Waals surface area contributed by atoms with Crippen LogP contribution in [0.15, 0.2) is 42.5 Å². The zero-order chi connectivity index (χ0) is 20.4. The van der Waals surface area contributed by atoms with E-state index in [1.165, 1.54) is 47.9 Å². The Morgan fingerprint density at radius 3 is 2.79 bits per heavy atom. The van der Waals surface area contributed by atoms with E-state index in [0.29, 0.717) is 5.13 Å². The van der Waals surface area contributed by atoms with Crippen molar-refractivity contribution in [2.75, 3.05) is 18.4 Å². The number of carbonyl (C=O) groups is 1. The summed E-state index contributed by atoms with van der Waals surface area (Å²) >= 11 is 1.38. The molecule has 0 atom stereocenters. The monoisotopic (exact) mass is 410 g/mol. The van der Waals surface area contributed by atoms with Gasteiger partial charge >= 0.3 is 0 Å². The summed E-state index contributed by atoms with van der Waals surface area (Å²) < 4.78 is 0.991. The van der Waals surface area contributed by atoms with Crippen LogP contribution >= 0.6 is 11.3 Å². The van der Waals surface area contributed by atoms with E-state index in [4.69, 9.17) is 0 Å². The lowest BCUT2D eigenvalue weighted by Gasteiger charge is -2.30. The van der Waals surface area contributed by atoms with Crippen molar-refractivity contribution in [3.05, 3.63) is 63.7 Å². The van der Waals surface area contributed by atoms with E-state index < -0.39 is 10.8 Å². The fourth-order valence-electron chi connectivity index (χ4n) is 3.59. The molecular weight excluding hydrogens is 388 g/mol. The molecule has 3 aromatic rings. The van der Waals surface area contributed by atoms with Gasteiger partial charge in [0.05, 0.1) is 15.1 Å². The molecule has 1 saturated heterocycles. The van der Waals surface area contributed by atoms with Crippen LogP contribution in [0, 0.1) is 16.0 Å². The molecule has 0 aliphatic carbocycles. The molecule has 0 unspecified atom stereocenters. The van der Waals surface area contributed by atoms with Crippen LogP contribution in [-0.4, -0.2) is 33.8 Å². The van der Waals surface area contributed by atoms with Gasteiger partial charge in [-0.05, 0) is 55.6 Å². The van der Waals surface area contributed by atoms with Crippen molar-refractivity contribution in [2.24, 2.45) is 5.92 Å². The van der Waals surface area contributed by atoms with E-state index in [-0.39, 0.29) is 11.3 Å². The van der Waals surface area contributed by atoms with Gasteiger partial charge in [0.2, 0.25) is 0 Å². The molecule has 1 aromatic heterocycles. The van der Waals surface area contributed by atoms with Crippen molar-refractivity contribution in [1.82, 2.24) is 9.88 Å². The number of thiazole rings is 1. The van der Waals surface area contributed by atoms with Gasteiger partial charge in [0, 0.05) is 12.6 Å². The number of anilines is 1. The Balaban J connectivity index is 1.49. The predicted octanol–water partition coefficient (Wildman–Crippen LogP) is 4.69. The summed E-state index contributed by atoms with van der Waals surface area (Å²) in [5, 5.41) is 14.3. The minimum Gasteiger partial charge on any atom is -0.299 e. The lowest BCUT2D eigenvalue weighted by Crippen LogP contribution is -2.32. The Morgan fingerprint density at radius 1 is 1.28 bits per heavy atom. The van der Waals surface area contributed by atoms with Crippen LogP contribution in [0.25, 0.3) is 10.2 Å². The number of para-hydroxylation sites is 1. The maximum atomic E-state index is 12.5. The van der Waals surface area contributed by atoms with Crippen LogP contribution < -0.4 is 5.32 Å². The van der Waals surface area contributed by atoms with Crippen LogP contribution in [0.3, 0.4) is 0 Å². The third-order valence-corrected chi connectivity index (χ3v) is 6.23. The normalized spacial score (nSPS) is 15.5. The van der Waals surface area contributed by atoms with Crippen LogP contribution in [0.4, 0.5) is 10.8 Å². The fraction of sp³-hybridized carbons (Fsp3) is 0.333. The number of nitro benzene ring substituents is 1. The van der Waals surface area contributed by atoms with Gasteiger partial charge in [0.15, 0.2) is 5.13 Å². The molecule has 0 saturated carbocycles. The van der Waals surface area contributed by atoms with E-state index >= 15 is 0 Å². The van der Waals surface area contributed by atoms with Crippen molar-refractivity contribution in [3.63, 3.8) is 0 Å². The van der Waals surface area contributed by atoms with Gasteiger partial charge in [-0.3, -0.25) is 25.1 Å². The van der Waals surface area contributed by atoms with Crippen molar-refractivity contribution in [1.29, 1.82) is 0 Å². The molecule has 0 bridgehead atoms. The lowest BCUT2D eigenvalue weighted by molar-refractivity contribution is -0.385. The fourth-order valence-corrected chi connectivity index (χ4v) is 4.51. The summed E-state index contributed by atoms with van der Waals surface area (Å²) in [5.41, 5.74) is 1.84. The predicted molar refractivity (Wildman–Crippen MR) is 114 cm³/mol. The molecule has 1 amide bonds. The van der Waals surface area contributed by atoms with Gasteiger partial charge in [-0.25, -0.2) is 4.98 Å². The largest absolute Gasteiger partial charge is 0.299 e. The molecule has 0 spiro atoms. The highest BCUT2D eigenvalue weighted by Gasteiger charge is 2.20. The molecule has 150 valence electrons. The van der Waals surface area contributed by atoms with Crippen LogP contribution in [0.1, 0.15) is 35.7 Å². The summed E-state index contributed by atoms with van der Waals surface area (Å²) in [6.07, 6.45) is 2.48. The first kappa shape index (κ1) is 19.5. The average molecular weight is 410 g/mol. The lowest BCUT2D eigenvalue weighted by atomic mass is 9.99. The molecule has 1 aliphatic rings. The molecule has 0 radical (unpaired) electrons. The maximum Gasteiger partial charge on any atom is 0.282 e. The number of nitrogens with one attached hydrogen (secondary N) is 1. The molecule has 1 fully saturated rings. The van der Waals surface area contributed by atoms with E-state index in [1.54, 1.807) is 6.07 Å². The van der Waals surface area contributed by atoms with Crippen molar-refractivity contribution in [2.45, 2.75) is 26.3 Å².